The molecule has 1 heterocycles. The van der Waals surface area contributed by atoms with E-state index in [2.05, 4.69) is 0 Å². The third kappa shape index (κ3) is 4.46. The number of rotatable bonds is 8. The van der Waals surface area contributed by atoms with Crippen molar-refractivity contribution in [1.82, 2.24) is 0 Å². The second-order valence-corrected chi connectivity index (χ2v) is 8.34. The van der Waals surface area contributed by atoms with E-state index in [-0.39, 0.29) is 16.9 Å². The highest BCUT2D eigenvalue weighted by atomic mass is 16.5. The van der Waals surface area contributed by atoms with E-state index in [4.69, 9.17) is 18.9 Å². The number of aliphatic hydroxyl groups excluding tert-OH is 1. The molecular formula is C29H29NO7. The minimum absolute atomic E-state index is 0.0770. The Morgan fingerprint density at radius 2 is 1.41 bits per heavy atom. The highest BCUT2D eigenvalue weighted by Gasteiger charge is 2.47. The molecule has 1 atom stereocenters. The summed E-state index contributed by atoms with van der Waals surface area (Å²) < 4.78 is 21.7. The lowest BCUT2D eigenvalue weighted by molar-refractivity contribution is -0.132. The Balaban J connectivity index is 2.00. The van der Waals surface area contributed by atoms with Crippen LogP contribution >= 0.6 is 0 Å². The molecule has 1 saturated heterocycles. The van der Waals surface area contributed by atoms with E-state index in [9.17, 15) is 14.7 Å². The number of anilines is 1. The summed E-state index contributed by atoms with van der Waals surface area (Å²) in [5.41, 5.74) is 2.27. The molecular weight excluding hydrogens is 474 g/mol. The second-order valence-electron chi connectivity index (χ2n) is 8.34. The molecule has 3 aromatic carbocycles. The van der Waals surface area contributed by atoms with E-state index in [1.54, 1.807) is 36.4 Å². The number of hydrogen-bond acceptors (Lipinski definition) is 7. The lowest BCUT2D eigenvalue weighted by Crippen LogP contribution is -2.29. The zero-order chi connectivity index (χ0) is 26.7. The van der Waals surface area contributed by atoms with Crippen molar-refractivity contribution < 1.29 is 33.6 Å². The maximum Gasteiger partial charge on any atom is 0.300 e. The van der Waals surface area contributed by atoms with Crippen LogP contribution in [0.2, 0.25) is 0 Å². The SMILES string of the molecule is CCc1ccc(C2/C(=C(\O)c3c(OC)cccc3OC)C(=O)C(=O)N2c2ccc(OC)c(OC)c2)cc1. The van der Waals surface area contributed by atoms with Crippen LogP contribution in [0.1, 0.15) is 29.7 Å². The van der Waals surface area contributed by atoms with Gasteiger partial charge in [0.2, 0.25) is 0 Å². The number of amides is 1. The largest absolute Gasteiger partial charge is 0.506 e. The fourth-order valence-corrected chi connectivity index (χ4v) is 4.54. The van der Waals surface area contributed by atoms with Crippen molar-refractivity contribution in [3.8, 4) is 23.0 Å². The number of carbonyl (C=O) groups is 2. The Hall–Kier alpha value is -4.46. The molecule has 8 heteroatoms. The predicted octanol–water partition coefficient (Wildman–Crippen LogP) is 4.91. The molecule has 1 fully saturated rings. The van der Waals surface area contributed by atoms with Gasteiger partial charge < -0.3 is 24.1 Å². The van der Waals surface area contributed by atoms with Crippen molar-refractivity contribution >= 4 is 23.1 Å². The summed E-state index contributed by atoms with van der Waals surface area (Å²) in [6, 6.07) is 16.6. The van der Waals surface area contributed by atoms with E-state index in [1.165, 1.54) is 33.3 Å². The Kier molecular flexibility index (Phi) is 7.38. The zero-order valence-corrected chi connectivity index (χ0v) is 21.4. The Morgan fingerprint density at radius 1 is 0.811 bits per heavy atom. The third-order valence-corrected chi connectivity index (χ3v) is 6.46. The molecule has 4 rings (SSSR count). The standard InChI is InChI=1S/C29H29NO7/c1-6-17-10-12-18(13-11-17)26-25(27(31)24-21(35-3)8-7-9-22(24)36-4)28(32)29(33)30(26)19-14-15-20(34-2)23(16-19)37-5/h7-16,26,31H,6H2,1-5H3/b27-25+. The molecule has 0 aliphatic carbocycles. The summed E-state index contributed by atoms with van der Waals surface area (Å²) >= 11 is 0. The van der Waals surface area contributed by atoms with Gasteiger partial charge in [0.25, 0.3) is 11.7 Å². The van der Waals surface area contributed by atoms with E-state index >= 15 is 0 Å². The van der Waals surface area contributed by atoms with Crippen molar-refractivity contribution in [1.29, 1.82) is 0 Å². The van der Waals surface area contributed by atoms with E-state index in [0.29, 0.717) is 34.2 Å². The molecule has 1 aliphatic heterocycles. The first-order chi connectivity index (χ1) is 17.9. The van der Waals surface area contributed by atoms with Gasteiger partial charge >= 0.3 is 0 Å². The van der Waals surface area contributed by atoms with Crippen LogP contribution in [0.3, 0.4) is 0 Å². The average molecular weight is 504 g/mol. The molecule has 1 amide bonds. The van der Waals surface area contributed by atoms with Crippen LogP contribution in [0.5, 0.6) is 23.0 Å². The molecule has 0 saturated carbocycles. The van der Waals surface area contributed by atoms with Gasteiger partial charge in [0.05, 0.1) is 40.1 Å². The van der Waals surface area contributed by atoms with Gasteiger partial charge in [-0.2, -0.15) is 0 Å². The summed E-state index contributed by atoms with van der Waals surface area (Å²) in [7, 11) is 5.91. The van der Waals surface area contributed by atoms with Crippen molar-refractivity contribution in [2.45, 2.75) is 19.4 Å². The highest BCUT2D eigenvalue weighted by molar-refractivity contribution is 6.51. The van der Waals surface area contributed by atoms with Crippen molar-refractivity contribution in [2.24, 2.45) is 0 Å². The number of carbonyl (C=O) groups excluding carboxylic acids is 2. The molecule has 1 N–H and O–H groups in total. The third-order valence-electron chi connectivity index (χ3n) is 6.46. The molecule has 0 aromatic heterocycles. The van der Waals surface area contributed by atoms with Crippen LogP contribution in [0.4, 0.5) is 5.69 Å². The normalized spacial score (nSPS) is 16.6. The smallest absolute Gasteiger partial charge is 0.300 e. The number of aryl methyl sites for hydroxylation is 1. The van der Waals surface area contributed by atoms with Gasteiger partial charge in [-0.3, -0.25) is 14.5 Å². The molecule has 0 spiro atoms. The first kappa shape index (κ1) is 25.6. The number of ether oxygens (including phenoxy) is 4. The summed E-state index contributed by atoms with van der Waals surface area (Å²) in [5.74, 6) is -0.528. The number of ketones is 1. The molecule has 1 aliphatic rings. The first-order valence-corrected chi connectivity index (χ1v) is 11.7. The molecule has 8 nitrogen and oxygen atoms in total. The van der Waals surface area contributed by atoms with Gasteiger partial charge in [-0.15, -0.1) is 0 Å². The number of hydrogen-bond donors (Lipinski definition) is 1. The zero-order valence-electron chi connectivity index (χ0n) is 21.4. The van der Waals surface area contributed by atoms with Gasteiger partial charge in [-0.05, 0) is 41.8 Å². The fraction of sp³-hybridized carbons (Fsp3) is 0.241. The summed E-state index contributed by atoms with van der Waals surface area (Å²) in [6.07, 6.45) is 0.828. The highest BCUT2D eigenvalue weighted by Crippen LogP contribution is 2.46. The van der Waals surface area contributed by atoms with Gasteiger partial charge in [-0.1, -0.05) is 37.3 Å². The lowest BCUT2D eigenvalue weighted by Gasteiger charge is -2.26. The lowest BCUT2D eigenvalue weighted by atomic mass is 9.93. The molecule has 192 valence electrons. The van der Waals surface area contributed by atoms with E-state index in [0.717, 1.165) is 12.0 Å². The van der Waals surface area contributed by atoms with E-state index in [1.807, 2.05) is 31.2 Å². The summed E-state index contributed by atoms with van der Waals surface area (Å²) in [5, 5.41) is 11.6. The quantitative estimate of drug-likeness (QED) is 0.265. The molecule has 3 aromatic rings. The van der Waals surface area contributed by atoms with Gasteiger partial charge in [-0.25, -0.2) is 0 Å². The number of benzene rings is 3. The average Bonchev–Trinajstić information content (AvgIpc) is 3.21. The van der Waals surface area contributed by atoms with Gasteiger partial charge in [0.15, 0.2) is 11.5 Å². The molecule has 1 unspecified atom stereocenters. The minimum Gasteiger partial charge on any atom is -0.506 e. The second kappa shape index (κ2) is 10.7. The van der Waals surface area contributed by atoms with E-state index < -0.39 is 17.7 Å². The van der Waals surface area contributed by atoms with Crippen LogP contribution in [-0.4, -0.2) is 45.2 Å². The van der Waals surface area contributed by atoms with Crippen LogP contribution in [-0.2, 0) is 16.0 Å². The monoisotopic (exact) mass is 503 g/mol. The van der Waals surface area contributed by atoms with Crippen LogP contribution in [0.25, 0.3) is 5.76 Å². The van der Waals surface area contributed by atoms with Gasteiger partial charge in [0, 0.05) is 11.8 Å². The molecule has 0 bridgehead atoms. The molecule has 37 heavy (non-hydrogen) atoms. The summed E-state index contributed by atoms with van der Waals surface area (Å²) in [6.45, 7) is 2.04. The Morgan fingerprint density at radius 3 is 1.95 bits per heavy atom. The number of methoxy groups -OCH3 is 4. The van der Waals surface area contributed by atoms with Gasteiger partial charge in [0.1, 0.15) is 22.8 Å². The maximum absolute atomic E-state index is 13.5. The minimum atomic E-state index is -0.918. The maximum atomic E-state index is 13.5. The van der Waals surface area contributed by atoms with Crippen LogP contribution < -0.4 is 23.8 Å². The van der Waals surface area contributed by atoms with Crippen molar-refractivity contribution in [2.75, 3.05) is 33.3 Å². The fourth-order valence-electron chi connectivity index (χ4n) is 4.54. The van der Waals surface area contributed by atoms with Crippen LogP contribution in [0, 0.1) is 0 Å². The number of aliphatic hydroxyl groups is 1. The number of Topliss-reactive ketones (excluding diaryl/α,β-unsaturated/α-hetero) is 1. The predicted molar refractivity (Wildman–Crippen MR) is 140 cm³/mol. The van der Waals surface area contributed by atoms with Crippen molar-refractivity contribution in [3.63, 3.8) is 0 Å². The Bertz CT molecular complexity index is 1340. The van der Waals surface area contributed by atoms with Crippen molar-refractivity contribution in [3.05, 3.63) is 82.9 Å². The topological polar surface area (TPSA) is 94.5 Å². The first-order valence-electron chi connectivity index (χ1n) is 11.7. The number of nitrogens with zero attached hydrogens (tertiary/aromatic N) is 1. The molecule has 0 radical (unpaired) electrons. The summed E-state index contributed by atoms with van der Waals surface area (Å²) in [4.78, 5) is 28.4. The van der Waals surface area contributed by atoms with Crippen LogP contribution in [0.15, 0.2) is 66.2 Å². The Labute approximate surface area is 215 Å².